The van der Waals surface area contributed by atoms with Gasteiger partial charge in [0.25, 0.3) is 0 Å². The summed E-state index contributed by atoms with van der Waals surface area (Å²) in [5.74, 6) is 3.68. The molecule has 1 aromatic rings. The molecule has 0 bridgehead atoms. The molecule has 1 aliphatic carbocycles. The monoisotopic (exact) mass is 212 g/mol. The quantitative estimate of drug-likeness (QED) is 0.653. The third-order valence-corrected chi connectivity index (χ3v) is 3.86. The van der Waals surface area contributed by atoms with Crippen molar-refractivity contribution >= 4 is 0 Å². The molecule has 0 heteroatoms. The van der Waals surface area contributed by atoms with Crippen molar-refractivity contribution in [1.82, 2.24) is 0 Å². The van der Waals surface area contributed by atoms with Gasteiger partial charge in [-0.25, -0.2) is 0 Å². The van der Waals surface area contributed by atoms with Gasteiger partial charge in [0, 0.05) is 5.56 Å². The maximum absolute atomic E-state index is 5.51. The smallest absolute Gasteiger partial charge is 0.0274 e. The molecule has 1 aliphatic rings. The third kappa shape index (κ3) is 2.00. The van der Waals surface area contributed by atoms with Crippen molar-refractivity contribution < 1.29 is 0 Å². The van der Waals surface area contributed by atoms with E-state index in [1.54, 1.807) is 5.56 Å². The molecule has 0 fully saturated rings. The minimum Gasteiger partial charge on any atom is -0.115 e. The van der Waals surface area contributed by atoms with Crippen LogP contribution in [-0.4, -0.2) is 0 Å². The Kier molecular flexibility index (Phi) is 3.34. The van der Waals surface area contributed by atoms with E-state index in [1.165, 1.54) is 43.2 Å². The zero-order valence-electron chi connectivity index (χ0n) is 10.3. The standard InChI is InChI=1S/C16H20/c1-4-6-13-7-10-16-12(3)14(5-2)8-9-15(16)11-13/h2,8-9,13H,4,6-7,10-11H2,1,3H3. The third-order valence-electron chi connectivity index (χ3n) is 3.86. The average Bonchev–Trinajstić information content (AvgIpc) is 2.30. The van der Waals surface area contributed by atoms with E-state index in [0.29, 0.717) is 0 Å². The second kappa shape index (κ2) is 4.74. The maximum atomic E-state index is 5.51. The van der Waals surface area contributed by atoms with Gasteiger partial charge < -0.3 is 0 Å². The lowest BCUT2D eigenvalue weighted by molar-refractivity contribution is 0.422. The summed E-state index contributed by atoms with van der Waals surface area (Å²) in [5, 5.41) is 0. The lowest BCUT2D eigenvalue weighted by atomic mass is 9.79. The van der Waals surface area contributed by atoms with Gasteiger partial charge in [-0.1, -0.05) is 31.8 Å². The van der Waals surface area contributed by atoms with Crippen LogP contribution in [0.2, 0.25) is 0 Å². The lowest BCUT2D eigenvalue weighted by Gasteiger charge is -2.26. The summed E-state index contributed by atoms with van der Waals surface area (Å²) in [6.07, 6.45) is 12.0. The van der Waals surface area contributed by atoms with Crippen LogP contribution >= 0.6 is 0 Å². The van der Waals surface area contributed by atoms with E-state index in [0.717, 1.165) is 11.5 Å². The van der Waals surface area contributed by atoms with Crippen molar-refractivity contribution in [1.29, 1.82) is 0 Å². The van der Waals surface area contributed by atoms with E-state index in [-0.39, 0.29) is 0 Å². The molecule has 84 valence electrons. The highest BCUT2D eigenvalue weighted by molar-refractivity contribution is 5.48. The fourth-order valence-electron chi connectivity index (χ4n) is 2.92. The molecule has 1 unspecified atom stereocenters. The predicted molar refractivity (Wildman–Crippen MR) is 69.5 cm³/mol. The molecule has 0 aromatic heterocycles. The van der Waals surface area contributed by atoms with Gasteiger partial charge in [0.1, 0.15) is 0 Å². The first kappa shape index (κ1) is 11.3. The van der Waals surface area contributed by atoms with Crippen molar-refractivity contribution in [3.8, 4) is 12.3 Å². The Morgan fingerprint density at radius 2 is 2.25 bits per heavy atom. The number of hydrogen-bond acceptors (Lipinski definition) is 0. The Balaban J connectivity index is 2.29. The predicted octanol–water partition coefficient (Wildman–Crippen LogP) is 3.88. The largest absolute Gasteiger partial charge is 0.115 e. The molecule has 2 rings (SSSR count). The molecular formula is C16H20. The Labute approximate surface area is 99.1 Å². The van der Waals surface area contributed by atoms with Crippen LogP contribution in [0, 0.1) is 25.2 Å². The van der Waals surface area contributed by atoms with E-state index in [2.05, 4.69) is 31.9 Å². The van der Waals surface area contributed by atoms with Crippen LogP contribution in [0.3, 0.4) is 0 Å². The number of hydrogen-bond donors (Lipinski definition) is 0. The van der Waals surface area contributed by atoms with Gasteiger partial charge in [0.05, 0.1) is 0 Å². The Morgan fingerprint density at radius 1 is 1.44 bits per heavy atom. The molecule has 0 nitrogen and oxygen atoms in total. The van der Waals surface area contributed by atoms with Gasteiger partial charge in [-0.05, 0) is 54.9 Å². The summed E-state index contributed by atoms with van der Waals surface area (Å²) in [5.41, 5.74) is 5.49. The first-order valence-corrected chi connectivity index (χ1v) is 6.34. The molecule has 0 heterocycles. The van der Waals surface area contributed by atoms with Crippen LogP contribution in [0.15, 0.2) is 12.1 Å². The summed E-state index contributed by atoms with van der Waals surface area (Å²) in [7, 11) is 0. The van der Waals surface area contributed by atoms with Crippen molar-refractivity contribution in [2.24, 2.45) is 5.92 Å². The second-order valence-corrected chi connectivity index (χ2v) is 4.92. The summed E-state index contributed by atoms with van der Waals surface area (Å²) in [6, 6.07) is 4.36. The highest BCUT2D eigenvalue weighted by Crippen LogP contribution is 2.31. The highest BCUT2D eigenvalue weighted by Gasteiger charge is 2.19. The van der Waals surface area contributed by atoms with Crippen molar-refractivity contribution in [3.05, 3.63) is 34.4 Å². The van der Waals surface area contributed by atoms with E-state index < -0.39 is 0 Å². The number of terminal acetylenes is 1. The van der Waals surface area contributed by atoms with Gasteiger partial charge in [-0.15, -0.1) is 6.42 Å². The number of rotatable bonds is 2. The average molecular weight is 212 g/mol. The van der Waals surface area contributed by atoms with Gasteiger partial charge in [0.15, 0.2) is 0 Å². The van der Waals surface area contributed by atoms with Gasteiger partial charge in [-0.2, -0.15) is 0 Å². The number of fused-ring (bicyclic) bond motifs is 1. The summed E-state index contributed by atoms with van der Waals surface area (Å²) < 4.78 is 0. The fourth-order valence-corrected chi connectivity index (χ4v) is 2.92. The van der Waals surface area contributed by atoms with Crippen LogP contribution in [0.1, 0.15) is 48.4 Å². The highest BCUT2D eigenvalue weighted by atomic mass is 14.2. The topological polar surface area (TPSA) is 0 Å². The Bertz CT molecular complexity index is 420. The number of benzene rings is 1. The first-order chi connectivity index (χ1) is 7.76. The lowest BCUT2D eigenvalue weighted by Crippen LogP contribution is -2.15. The van der Waals surface area contributed by atoms with Crippen LogP contribution in [-0.2, 0) is 12.8 Å². The molecule has 0 aliphatic heterocycles. The van der Waals surface area contributed by atoms with Crippen LogP contribution in [0.4, 0.5) is 0 Å². The van der Waals surface area contributed by atoms with Crippen molar-refractivity contribution in [2.75, 3.05) is 0 Å². The maximum Gasteiger partial charge on any atom is 0.0274 e. The molecule has 0 saturated heterocycles. The molecule has 0 radical (unpaired) electrons. The second-order valence-electron chi connectivity index (χ2n) is 4.92. The molecule has 1 atom stereocenters. The van der Waals surface area contributed by atoms with E-state index in [1.807, 2.05) is 0 Å². The van der Waals surface area contributed by atoms with Gasteiger partial charge in [-0.3, -0.25) is 0 Å². The minimum absolute atomic E-state index is 0.897. The molecule has 16 heavy (non-hydrogen) atoms. The molecular weight excluding hydrogens is 192 g/mol. The fraction of sp³-hybridized carbons (Fsp3) is 0.500. The van der Waals surface area contributed by atoms with E-state index >= 15 is 0 Å². The van der Waals surface area contributed by atoms with Crippen molar-refractivity contribution in [3.63, 3.8) is 0 Å². The van der Waals surface area contributed by atoms with Crippen LogP contribution in [0.25, 0.3) is 0 Å². The zero-order chi connectivity index (χ0) is 11.5. The summed E-state index contributed by atoms with van der Waals surface area (Å²) in [6.45, 7) is 4.45. The zero-order valence-corrected chi connectivity index (χ0v) is 10.3. The SMILES string of the molecule is C#Cc1ccc2c(c1C)CCC(CCC)C2. The molecule has 1 aromatic carbocycles. The Morgan fingerprint density at radius 3 is 2.94 bits per heavy atom. The molecule has 0 N–H and O–H groups in total. The van der Waals surface area contributed by atoms with Crippen LogP contribution in [0.5, 0.6) is 0 Å². The van der Waals surface area contributed by atoms with Gasteiger partial charge >= 0.3 is 0 Å². The summed E-state index contributed by atoms with van der Waals surface area (Å²) in [4.78, 5) is 0. The molecule has 0 saturated carbocycles. The van der Waals surface area contributed by atoms with Gasteiger partial charge in [0.2, 0.25) is 0 Å². The van der Waals surface area contributed by atoms with Crippen molar-refractivity contribution in [2.45, 2.75) is 46.0 Å². The van der Waals surface area contributed by atoms with Crippen LogP contribution < -0.4 is 0 Å². The minimum atomic E-state index is 0.897. The van der Waals surface area contributed by atoms with E-state index in [4.69, 9.17) is 6.42 Å². The molecule has 0 amide bonds. The normalized spacial score (nSPS) is 18.9. The van der Waals surface area contributed by atoms with E-state index in [9.17, 15) is 0 Å². The molecule has 0 spiro atoms. The summed E-state index contributed by atoms with van der Waals surface area (Å²) >= 11 is 0. The Hall–Kier alpha value is -1.22. The first-order valence-electron chi connectivity index (χ1n) is 6.34.